The van der Waals surface area contributed by atoms with Crippen LogP contribution in [0, 0.1) is 0 Å². The average molecular weight is 264 g/mol. The first-order chi connectivity index (χ1) is 8.73. The average Bonchev–Trinajstić information content (AvgIpc) is 2.34. The number of carbonyl (C=O) groups is 2. The Morgan fingerprint density at radius 3 is 2.42 bits per heavy atom. The Balaban J connectivity index is 2.73. The standard InChI is InChI=1S/C14H20N2O3/c1-14(2,15)13(19)16(3)9-8-10-6-4-5-7-11(10)12(17)18/h4-7H,8-9,15H2,1-3H3,(H,17,18). The van der Waals surface area contributed by atoms with Crippen molar-refractivity contribution >= 4 is 11.9 Å². The fourth-order valence-electron chi connectivity index (χ4n) is 1.83. The second-order valence-electron chi connectivity index (χ2n) is 5.16. The van der Waals surface area contributed by atoms with Gasteiger partial charge in [0.05, 0.1) is 11.1 Å². The highest BCUT2D eigenvalue weighted by molar-refractivity contribution is 5.89. The van der Waals surface area contributed by atoms with E-state index in [1.54, 1.807) is 45.2 Å². The van der Waals surface area contributed by atoms with Gasteiger partial charge in [-0.3, -0.25) is 4.79 Å². The summed E-state index contributed by atoms with van der Waals surface area (Å²) >= 11 is 0. The van der Waals surface area contributed by atoms with Gasteiger partial charge in [0.15, 0.2) is 0 Å². The van der Waals surface area contributed by atoms with E-state index in [0.29, 0.717) is 18.5 Å². The molecule has 0 bridgehead atoms. The Morgan fingerprint density at radius 1 is 1.32 bits per heavy atom. The summed E-state index contributed by atoms with van der Waals surface area (Å²) in [6, 6.07) is 6.79. The maximum absolute atomic E-state index is 11.9. The summed E-state index contributed by atoms with van der Waals surface area (Å²) < 4.78 is 0. The van der Waals surface area contributed by atoms with Gasteiger partial charge in [0.1, 0.15) is 0 Å². The Labute approximate surface area is 113 Å². The van der Waals surface area contributed by atoms with E-state index in [2.05, 4.69) is 0 Å². The summed E-state index contributed by atoms with van der Waals surface area (Å²) in [6.07, 6.45) is 0.487. The Hall–Kier alpha value is -1.88. The van der Waals surface area contributed by atoms with Gasteiger partial charge in [-0.1, -0.05) is 18.2 Å². The summed E-state index contributed by atoms with van der Waals surface area (Å²) in [7, 11) is 1.67. The predicted molar refractivity (Wildman–Crippen MR) is 73.0 cm³/mol. The first kappa shape index (κ1) is 15.2. The Bertz CT molecular complexity index is 478. The molecule has 5 heteroatoms. The van der Waals surface area contributed by atoms with Gasteiger partial charge in [0.2, 0.25) is 5.91 Å². The minimum Gasteiger partial charge on any atom is -0.478 e. The van der Waals surface area contributed by atoms with Crippen LogP contribution in [-0.4, -0.2) is 41.0 Å². The van der Waals surface area contributed by atoms with Crippen molar-refractivity contribution in [3.05, 3.63) is 35.4 Å². The summed E-state index contributed by atoms with van der Waals surface area (Å²) in [6.45, 7) is 3.73. The van der Waals surface area contributed by atoms with E-state index in [-0.39, 0.29) is 11.5 Å². The lowest BCUT2D eigenvalue weighted by molar-refractivity contribution is -0.134. The molecular weight excluding hydrogens is 244 g/mol. The lowest BCUT2D eigenvalue weighted by atomic mass is 10.0. The third-order valence-corrected chi connectivity index (χ3v) is 2.86. The molecular formula is C14H20N2O3. The summed E-state index contributed by atoms with van der Waals surface area (Å²) in [5, 5.41) is 9.07. The van der Waals surface area contributed by atoms with Crippen LogP contribution in [0.2, 0.25) is 0 Å². The van der Waals surface area contributed by atoms with E-state index < -0.39 is 11.5 Å². The monoisotopic (exact) mass is 264 g/mol. The number of amides is 1. The van der Waals surface area contributed by atoms with Crippen molar-refractivity contribution in [1.82, 2.24) is 4.90 Å². The Morgan fingerprint density at radius 2 is 1.89 bits per heavy atom. The largest absolute Gasteiger partial charge is 0.478 e. The summed E-state index contributed by atoms with van der Waals surface area (Å²) in [4.78, 5) is 24.5. The molecule has 1 aromatic rings. The molecule has 104 valence electrons. The number of benzene rings is 1. The number of nitrogens with two attached hydrogens (primary N) is 1. The van der Waals surface area contributed by atoms with Crippen molar-refractivity contribution in [2.75, 3.05) is 13.6 Å². The van der Waals surface area contributed by atoms with Crippen LogP contribution in [0.25, 0.3) is 0 Å². The van der Waals surface area contributed by atoms with Gasteiger partial charge >= 0.3 is 5.97 Å². The summed E-state index contributed by atoms with van der Waals surface area (Å²) in [5.41, 5.74) is 5.81. The Kier molecular flexibility index (Phi) is 4.67. The molecule has 0 atom stereocenters. The molecule has 3 N–H and O–H groups in total. The maximum atomic E-state index is 11.9. The van der Waals surface area contributed by atoms with Crippen LogP contribution >= 0.6 is 0 Å². The number of carboxylic acids is 1. The maximum Gasteiger partial charge on any atom is 0.335 e. The van der Waals surface area contributed by atoms with Crippen LogP contribution in [0.4, 0.5) is 0 Å². The molecule has 0 unspecified atom stereocenters. The lowest BCUT2D eigenvalue weighted by Gasteiger charge is -2.26. The predicted octanol–water partition coefficient (Wildman–Crippen LogP) is 1.12. The SMILES string of the molecule is CN(CCc1ccccc1C(=O)O)C(=O)C(C)(C)N. The fourth-order valence-corrected chi connectivity index (χ4v) is 1.83. The van der Waals surface area contributed by atoms with E-state index in [9.17, 15) is 9.59 Å². The van der Waals surface area contributed by atoms with Gasteiger partial charge in [0, 0.05) is 13.6 Å². The molecule has 0 heterocycles. The van der Waals surface area contributed by atoms with E-state index in [0.717, 1.165) is 0 Å². The van der Waals surface area contributed by atoms with Crippen molar-refractivity contribution < 1.29 is 14.7 Å². The van der Waals surface area contributed by atoms with E-state index in [4.69, 9.17) is 10.8 Å². The van der Waals surface area contributed by atoms with Crippen LogP contribution in [0.1, 0.15) is 29.8 Å². The van der Waals surface area contributed by atoms with Crippen LogP contribution in [0.3, 0.4) is 0 Å². The number of likely N-dealkylation sites (N-methyl/N-ethyl adjacent to an activating group) is 1. The van der Waals surface area contributed by atoms with Gasteiger partial charge in [0.25, 0.3) is 0 Å². The van der Waals surface area contributed by atoms with Crippen molar-refractivity contribution in [3.63, 3.8) is 0 Å². The molecule has 0 aliphatic heterocycles. The van der Waals surface area contributed by atoms with Crippen LogP contribution in [-0.2, 0) is 11.2 Å². The lowest BCUT2D eigenvalue weighted by Crippen LogP contribution is -2.50. The number of carboxylic acid groups (broad SMARTS) is 1. The van der Waals surface area contributed by atoms with Crippen molar-refractivity contribution in [2.45, 2.75) is 25.8 Å². The number of carbonyl (C=O) groups excluding carboxylic acids is 1. The van der Waals surface area contributed by atoms with Gasteiger partial charge in [-0.25, -0.2) is 4.79 Å². The number of rotatable bonds is 5. The highest BCUT2D eigenvalue weighted by atomic mass is 16.4. The number of hydrogen-bond donors (Lipinski definition) is 2. The first-order valence-corrected chi connectivity index (χ1v) is 6.09. The molecule has 0 aliphatic rings. The third-order valence-electron chi connectivity index (χ3n) is 2.86. The molecule has 0 saturated carbocycles. The zero-order valence-electron chi connectivity index (χ0n) is 11.5. The molecule has 1 amide bonds. The molecule has 0 fully saturated rings. The number of hydrogen-bond acceptors (Lipinski definition) is 3. The highest BCUT2D eigenvalue weighted by Gasteiger charge is 2.25. The molecule has 0 saturated heterocycles. The van der Waals surface area contributed by atoms with Gasteiger partial charge in [-0.15, -0.1) is 0 Å². The normalized spacial score (nSPS) is 11.2. The first-order valence-electron chi connectivity index (χ1n) is 6.09. The third kappa shape index (κ3) is 4.06. The smallest absolute Gasteiger partial charge is 0.335 e. The molecule has 5 nitrogen and oxygen atoms in total. The molecule has 19 heavy (non-hydrogen) atoms. The van der Waals surface area contributed by atoms with Gasteiger partial charge < -0.3 is 15.7 Å². The number of nitrogens with zero attached hydrogens (tertiary/aromatic N) is 1. The number of aromatic carboxylic acids is 1. The van der Waals surface area contributed by atoms with Crippen molar-refractivity contribution in [3.8, 4) is 0 Å². The topological polar surface area (TPSA) is 83.6 Å². The van der Waals surface area contributed by atoms with E-state index in [1.807, 2.05) is 0 Å². The highest BCUT2D eigenvalue weighted by Crippen LogP contribution is 2.11. The summed E-state index contributed by atoms with van der Waals surface area (Å²) in [5.74, 6) is -1.12. The molecule has 1 aromatic carbocycles. The van der Waals surface area contributed by atoms with Crippen molar-refractivity contribution in [2.24, 2.45) is 5.73 Å². The van der Waals surface area contributed by atoms with Gasteiger partial charge in [-0.2, -0.15) is 0 Å². The second-order valence-corrected chi connectivity index (χ2v) is 5.16. The molecule has 0 radical (unpaired) electrons. The van der Waals surface area contributed by atoms with Crippen LogP contribution < -0.4 is 5.73 Å². The van der Waals surface area contributed by atoms with Crippen LogP contribution in [0.15, 0.2) is 24.3 Å². The zero-order chi connectivity index (χ0) is 14.6. The molecule has 0 aliphatic carbocycles. The fraction of sp³-hybridized carbons (Fsp3) is 0.429. The van der Waals surface area contributed by atoms with E-state index in [1.165, 1.54) is 4.90 Å². The minimum atomic E-state index is -0.955. The van der Waals surface area contributed by atoms with Gasteiger partial charge in [-0.05, 0) is 31.9 Å². The quantitative estimate of drug-likeness (QED) is 0.834. The van der Waals surface area contributed by atoms with Crippen LogP contribution in [0.5, 0.6) is 0 Å². The minimum absolute atomic E-state index is 0.166. The molecule has 1 rings (SSSR count). The molecule has 0 aromatic heterocycles. The zero-order valence-corrected chi connectivity index (χ0v) is 11.5. The second kappa shape index (κ2) is 5.84. The van der Waals surface area contributed by atoms with E-state index >= 15 is 0 Å². The van der Waals surface area contributed by atoms with Crippen molar-refractivity contribution in [1.29, 1.82) is 0 Å². The molecule has 0 spiro atoms.